The number of fused-ring (bicyclic) bond motifs is 1. The molecule has 1 atom stereocenters. The number of aryl methyl sites for hydroxylation is 1. The van der Waals surface area contributed by atoms with Crippen LogP contribution in [-0.4, -0.2) is 31.1 Å². The molecule has 130 valence electrons. The van der Waals surface area contributed by atoms with Gasteiger partial charge in [0.15, 0.2) is 9.84 Å². The number of benzene rings is 1. The molecule has 1 aromatic heterocycles. The minimum absolute atomic E-state index is 0.0638. The number of hydrogen-bond acceptors (Lipinski definition) is 6. The third-order valence-electron chi connectivity index (χ3n) is 4.57. The van der Waals surface area contributed by atoms with Crippen molar-refractivity contribution >= 4 is 32.4 Å². The second-order valence-electron chi connectivity index (χ2n) is 6.18. The molecule has 6 nitrogen and oxygen atoms in total. The lowest BCUT2D eigenvalue weighted by atomic mass is 10.0. The zero-order chi connectivity index (χ0) is 17.6. The van der Waals surface area contributed by atoms with Gasteiger partial charge in [0.1, 0.15) is 11.3 Å². The van der Waals surface area contributed by atoms with Gasteiger partial charge in [-0.05, 0) is 31.9 Å². The summed E-state index contributed by atoms with van der Waals surface area (Å²) in [5.74, 6) is 0.0539. The number of halogens is 1. The van der Waals surface area contributed by atoms with Gasteiger partial charge < -0.3 is 14.8 Å². The Morgan fingerprint density at radius 2 is 2.08 bits per heavy atom. The lowest BCUT2D eigenvalue weighted by Gasteiger charge is -2.15. The molecule has 0 saturated carbocycles. The van der Waals surface area contributed by atoms with Crippen molar-refractivity contribution in [3.05, 3.63) is 38.2 Å². The first-order valence-corrected chi connectivity index (χ1v) is 9.77. The average Bonchev–Trinajstić information content (AvgIpc) is 2.86. The summed E-state index contributed by atoms with van der Waals surface area (Å²) in [5.41, 5.74) is 1.41. The fourth-order valence-corrected chi connectivity index (χ4v) is 4.89. The van der Waals surface area contributed by atoms with Crippen LogP contribution in [0.3, 0.4) is 0 Å². The van der Waals surface area contributed by atoms with E-state index in [9.17, 15) is 18.3 Å². The number of phenols is 1. The highest BCUT2D eigenvalue weighted by atomic mass is 35.5. The second-order valence-corrected chi connectivity index (χ2v) is 8.82. The summed E-state index contributed by atoms with van der Waals surface area (Å²) >= 11 is 6.10. The first-order valence-electron chi connectivity index (χ1n) is 7.58. The Labute approximate surface area is 144 Å². The number of hydrogen-bond donors (Lipinski definition) is 2. The largest absolute Gasteiger partial charge is 0.506 e. The van der Waals surface area contributed by atoms with Crippen molar-refractivity contribution in [2.45, 2.75) is 32.9 Å². The summed E-state index contributed by atoms with van der Waals surface area (Å²) in [6.45, 7) is 3.62. The van der Waals surface area contributed by atoms with Crippen molar-refractivity contribution in [2.24, 2.45) is 0 Å². The lowest BCUT2D eigenvalue weighted by molar-refractivity contribution is 0.455. The fraction of sp³-hybridized carbons (Fsp3) is 0.438. The van der Waals surface area contributed by atoms with E-state index in [-0.39, 0.29) is 40.4 Å². The van der Waals surface area contributed by atoms with Crippen molar-refractivity contribution in [1.29, 1.82) is 0 Å². The van der Waals surface area contributed by atoms with Crippen LogP contribution >= 0.6 is 11.6 Å². The molecule has 2 N–H and O–H groups in total. The molecule has 1 fully saturated rings. The van der Waals surface area contributed by atoms with Gasteiger partial charge in [-0.1, -0.05) is 11.6 Å². The molecule has 2 heterocycles. The van der Waals surface area contributed by atoms with Crippen LogP contribution in [-0.2, 0) is 16.4 Å². The van der Waals surface area contributed by atoms with Crippen LogP contribution in [0, 0.1) is 13.8 Å². The maximum atomic E-state index is 12.0. The van der Waals surface area contributed by atoms with E-state index in [0.29, 0.717) is 22.9 Å². The van der Waals surface area contributed by atoms with E-state index < -0.39 is 15.5 Å². The molecule has 1 saturated heterocycles. The van der Waals surface area contributed by atoms with Crippen LogP contribution in [0.25, 0.3) is 11.0 Å². The van der Waals surface area contributed by atoms with E-state index in [1.54, 1.807) is 19.9 Å². The zero-order valence-corrected chi connectivity index (χ0v) is 14.9. The molecule has 1 aliphatic heterocycles. The summed E-state index contributed by atoms with van der Waals surface area (Å²) in [4.78, 5) is 12.0. The van der Waals surface area contributed by atoms with Crippen LogP contribution in [0.1, 0.15) is 23.1 Å². The molecule has 3 rings (SSSR count). The molecule has 1 aromatic carbocycles. The molecule has 0 unspecified atom stereocenters. The molecule has 0 spiro atoms. The highest BCUT2D eigenvalue weighted by Crippen LogP contribution is 2.36. The van der Waals surface area contributed by atoms with Crippen molar-refractivity contribution in [2.75, 3.05) is 11.5 Å². The van der Waals surface area contributed by atoms with Crippen molar-refractivity contribution in [3.8, 4) is 5.75 Å². The molecule has 0 bridgehead atoms. The van der Waals surface area contributed by atoms with Gasteiger partial charge in [0.25, 0.3) is 0 Å². The van der Waals surface area contributed by atoms with Crippen LogP contribution < -0.4 is 10.9 Å². The minimum atomic E-state index is -3.00. The van der Waals surface area contributed by atoms with Gasteiger partial charge >= 0.3 is 5.63 Å². The van der Waals surface area contributed by atoms with Gasteiger partial charge in [-0.3, -0.25) is 0 Å². The number of phenolic OH excluding ortho intramolecular Hbond substituents is 1. The Morgan fingerprint density at radius 1 is 1.38 bits per heavy atom. The number of rotatable bonds is 3. The van der Waals surface area contributed by atoms with E-state index in [4.69, 9.17) is 16.0 Å². The summed E-state index contributed by atoms with van der Waals surface area (Å²) in [6, 6.07) is 1.38. The Morgan fingerprint density at radius 3 is 2.71 bits per heavy atom. The second kappa shape index (κ2) is 6.06. The maximum Gasteiger partial charge on any atom is 0.339 e. The number of nitrogens with one attached hydrogen (secondary N) is 1. The third kappa shape index (κ3) is 3.03. The molecule has 0 amide bonds. The van der Waals surface area contributed by atoms with Gasteiger partial charge in [-0.15, -0.1) is 0 Å². The highest BCUT2D eigenvalue weighted by Gasteiger charge is 2.28. The van der Waals surface area contributed by atoms with Crippen LogP contribution in [0.5, 0.6) is 5.75 Å². The Balaban J connectivity index is 2.03. The smallest absolute Gasteiger partial charge is 0.339 e. The molecule has 8 heteroatoms. The molecule has 0 aliphatic carbocycles. The summed E-state index contributed by atoms with van der Waals surface area (Å²) < 4.78 is 28.4. The van der Waals surface area contributed by atoms with Crippen LogP contribution in [0.2, 0.25) is 5.02 Å². The van der Waals surface area contributed by atoms with Crippen LogP contribution in [0.15, 0.2) is 15.3 Å². The average molecular weight is 372 g/mol. The standard InChI is InChI=1S/C16H18ClNO5S/c1-8-9(2)16(20)23-15-11(8)5-13(17)14(19)12(15)6-18-10-3-4-24(21,22)7-10/h5,10,18-19H,3-4,6-7H2,1-2H3/t10-/m0/s1. The fourth-order valence-electron chi connectivity index (χ4n) is 2.96. The van der Waals surface area contributed by atoms with Gasteiger partial charge in [0.2, 0.25) is 0 Å². The van der Waals surface area contributed by atoms with E-state index in [2.05, 4.69) is 5.32 Å². The lowest BCUT2D eigenvalue weighted by Crippen LogP contribution is -2.29. The number of aromatic hydroxyl groups is 1. The molecule has 2 aromatic rings. The van der Waals surface area contributed by atoms with Gasteiger partial charge in [-0.2, -0.15) is 0 Å². The molecule has 1 aliphatic rings. The number of sulfone groups is 1. The molecule has 0 radical (unpaired) electrons. The normalized spacial score (nSPS) is 19.9. The zero-order valence-electron chi connectivity index (χ0n) is 13.3. The van der Waals surface area contributed by atoms with Gasteiger partial charge in [0, 0.05) is 23.5 Å². The first kappa shape index (κ1) is 17.3. The predicted molar refractivity (Wildman–Crippen MR) is 92.5 cm³/mol. The van der Waals surface area contributed by atoms with E-state index in [1.165, 1.54) is 0 Å². The van der Waals surface area contributed by atoms with E-state index in [1.807, 2.05) is 0 Å². The van der Waals surface area contributed by atoms with E-state index >= 15 is 0 Å². The minimum Gasteiger partial charge on any atom is -0.506 e. The monoisotopic (exact) mass is 371 g/mol. The van der Waals surface area contributed by atoms with Crippen LogP contribution in [0.4, 0.5) is 0 Å². The summed E-state index contributed by atoms with van der Waals surface area (Å²) in [5, 5.41) is 14.2. The Bertz CT molecular complexity index is 980. The molecular weight excluding hydrogens is 354 g/mol. The summed E-state index contributed by atoms with van der Waals surface area (Å²) in [6.07, 6.45) is 0.518. The third-order valence-corrected chi connectivity index (χ3v) is 6.63. The predicted octanol–water partition coefficient (Wildman–Crippen LogP) is 2.05. The first-order chi connectivity index (χ1) is 11.2. The topological polar surface area (TPSA) is 96.6 Å². The molecular formula is C16H18ClNO5S. The summed E-state index contributed by atoms with van der Waals surface area (Å²) in [7, 11) is -3.00. The van der Waals surface area contributed by atoms with Crippen molar-refractivity contribution in [3.63, 3.8) is 0 Å². The Kier molecular flexibility index (Phi) is 4.36. The SMILES string of the molecule is Cc1c(C)c2cc(Cl)c(O)c(CN[C@H]3CCS(=O)(=O)C3)c2oc1=O. The Hall–Kier alpha value is -1.57. The maximum absolute atomic E-state index is 12.0. The van der Waals surface area contributed by atoms with Gasteiger partial charge in [-0.25, -0.2) is 13.2 Å². The van der Waals surface area contributed by atoms with Gasteiger partial charge in [0.05, 0.1) is 22.1 Å². The van der Waals surface area contributed by atoms with Crippen molar-refractivity contribution < 1.29 is 17.9 Å². The quantitative estimate of drug-likeness (QED) is 0.801. The van der Waals surface area contributed by atoms with Crippen molar-refractivity contribution in [1.82, 2.24) is 5.32 Å². The molecule has 24 heavy (non-hydrogen) atoms. The van der Waals surface area contributed by atoms with E-state index in [0.717, 1.165) is 5.56 Å². The highest BCUT2D eigenvalue weighted by molar-refractivity contribution is 7.91.